The Morgan fingerprint density at radius 2 is 2.00 bits per heavy atom. The second kappa shape index (κ2) is 4.63. The number of aryl methyl sites for hydroxylation is 1. The number of rotatable bonds is 4. The molecule has 1 aromatic rings. The van der Waals surface area contributed by atoms with Gasteiger partial charge in [-0.3, -0.25) is 4.72 Å². The van der Waals surface area contributed by atoms with Crippen molar-refractivity contribution in [3.8, 4) is 0 Å². The van der Waals surface area contributed by atoms with Crippen molar-refractivity contribution in [1.29, 1.82) is 0 Å². The first-order valence-electron chi connectivity index (χ1n) is 4.64. The Hall–Kier alpha value is -1.07. The summed E-state index contributed by atoms with van der Waals surface area (Å²) in [6.45, 7) is 3.39. The highest BCUT2D eigenvalue weighted by Crippen LogP contribution is 2.19. The third-order valence-electron chi connectivity index (χ3n) is 2.23. The van der Waals surface area contributed by atoms with Gasteiger partial charge in [0.1, 0.15) is 0 Å². The van der Waals surface area contributed by atoms with Crippen LogP contribution in [0.3, 0.4) is 0 Å². The minimum absolute atomic E-state index is 0.277. The van der Waals surface area contributed by atoms with Gasteiger partial charge in [0, 0.05) is 0 Å². The molecular weight excluding hydrogens is 214 g/mol. The highest BCUT2D eigenvalue weighted by atomic mass is 32.2. The normalized spacial score (nSPS) is 11.4. The summed E-state index contributed by atoms with van der Waals surface area (Å²) in [7, 11) is -3.42. The molecule has 0 aromatic heterocycles. The van der Waals surface area contributed by atoms with E-state index >= 15 is 0 Å². The van der Waals surface area contributed by atoms with E-state index in [-0.39, 0.29) is 12.4 Å². The van der Waals surface area contributed by atoms with Crippen LogP contribution in [0.25, 0.3) is 0 Å². The standard InChI is InChI=1S/C10H15NO3S/c1-8-4-3-5-10(9(8)2)11-15(13,14)7-6-12/h3-5,11-12H,6-7H2,1-2H3. The molecule has 15 heavy (non-hydrogen) atoms. The Labute approximate surface area is 90.0 Å². The Kier molecular flexibility index (Phi) is 3.71. The van der Waals surface area contributed by atoms with Crippen LogP contribution in [0.2, 0.25) is 0 Å². The zero-order valence-corrected chi connectivity index (χ0v) is 9.63. The number of hydrogen-bond donors (Lipinski definition) is 2. The number of hydrogen-bond acceptors (Lipinski definition) is 3. The minimum atomic E-state index is -3.42. The van der Waals surface area contributed by atoms with E-state index in [1.165, 1.54) is 0 Å². The van der Waals surface area contributed by atoms with Crippen LogP contribution >= 0.6 is 0 Å². The molecule has 84 valence electrons. The lowest BCUT2D eigenvalue weighted by Crippen LogP contribution is -2.19. The fourth-order valence-corrected chi connectivity index (χ4v) is 2.10. The second-order valence-corrected chi connectivity index (χ2v) is 5.23. The molecule has 0 aliphatic heterocycles. The number of aliphatic hydroxyl groups excluding tert-OH is 1. The molecule has 0 fully saturated rings. The van der Waals surface area contributed by atoms with Crippen LogP contribution in [0.15, 0.2) is 18.2 Å². The van der Waals surface area contributed by atoms with E-state index in [1.54, 1.807) is 12.1 Å². The van der Waals surface area contributed by atoms with Crippen LogP contribution in [0.4, 0.5) is 5.69 Å². The van der Waals surface area contributed by atoms with Crippen LogP contribution in [0.1, 0.15) is 11.1 Å². The summed E-state index contributed by atoms with van der Waals surface area (Å²) in [6, 6.07) is 5.41. The molecule has 1 aromatic carbocycles. The molecule has 1 rings (SSSR count). The van der Waals surface area contributed by atoms with Gasteiger partial charge in [0.2, 0.25) is 10.0 Å². The molecule has 0 bridgehead atoms. The van der Waals surface area contributed by atoms with Gasteiger partial charge in [-0.05, 0) is 31.0 Å². The number of anilines is 1. The molecule has 0 saturated carbocycles. The Balaban J connectivity index is 2.95. The zero-order valence-electron chi connectivity index (χ0n) is 8.82. The van der Waals surface area contributed by atoms with Gasteiger partial charge in [-0.2, -0.15) is 0 Å². The Bertz CT molecular complexity index is 440. The van der Waals surface area contributed by atoms with Crippen molar-refractivity contribution in [1.82, 2.24) is 0 Å². The van der Waals surface area contributed by atoms with Gasteiger partial charge in [-0.1, -0.05) is 12.1 Å². The highest BCUT2D eigenvalue weighted by molar-refractivity contribution is 7.92. The van der Waals surface area contributed by atoms with Gasteiger partial charge in [-0.25, -0.2) is 8.42 Å². The van der Waals surface area contributed by atoms with Crippen LogP contribution in [0.5, 0.6) is 0 Å². The van der Waals surface area contributed by atoms with Crippen molar-refractivity contribution in [2.75, 3.05) is 17.1 Å². The fraction of sp³-hybridized carbons (Fsp3) is 0.400. The van der Waals surface area contributed by atoms with Gasteiger partial charge in [-0.15, -0.1) is 0 Å². The van der Waals surface area contributed by atoms with Crippen LogP contribution in [-0.2, 0) is 10.0 Å². The monoisotopic (exact) mass is 229 g/mol. The van der Waals surface area contributed by atoms with E-state index in [0.29, 0.717) is 5.69 Å². The van der Waals surface area contributed by atoms with E-state index in [9.17, 15) is 8.42 Å². The Morgan fingerprint density at radius 1 is 1.33 bits per heavy atom. The molecular formula is C10H15NO3S. The maximum absolute atomic E-state index is 11.4. The molecule has 4 nitrogen and oxygen atoms in total. The topological polar surface area (TPSA) is 66.4 Å². The summed E-state index contributed by atoms with van der Waals surface area (Å²) >= 11 is 0. The summed E-state index contributed by atoms with van der Waals surface area (Å²) in [5.74, 6) is -0.277. The summed E-state index contributed by atoms with van der Waals surface area (Å²) in [4.78, 5) is 0. The number of aliphatic hydroxyl groups is 1. The van der Waals surface area contributed by atoms with Gasteiger partial charge >= 0.3 is 0 Å². The van der Waals surface area contributed by atoms with Crippen molar-refractivity contribution < 1.29 is 13.5 Å². The van der Waals surface area contributed by atoms with Gasteiger partial charge < -0.3 is 5.11 Å². The van der Waals surface area contributed by atoms with Crippen molar-refractivity contribution >= 4 is 15.7 Å². The molecule has 0 heterocycles. The lowest BCUT2D eigenvalue weighted by Gasteiger charge is -2.11. The molecule has 0 aliphatic rings. The average Bonchev–Trinajstić information content (AvgIpc) is 2.12. The highest BCUT2D eigenvalue weighted by Gasteiger charge is 2.11. The molecule has 0 unspecified atom stereocenters. The van der Waals surface area contributed by atoms with E-state index in [0.717, 1.165) is 11.1 Å². The predicted octanol–water partition coefficient (Wildman–Crippen LogP) is 1.04. The summed E-state index contributed by atoms with van der Waals surface area (Å²) in [5, 5.41) is 8.58. The lowest BCUT2D eigenvalue weighted by atomic mass is 10.1. The summed E-state index contributed by atoms with van der Waals surface area (Å²) < 4.78 is 25.2. The quantitative estimate of drug-likeness (QED) is 0.810. The molecule has 5 heteroatoms. The molecule has 2 N–H and O–H groups in total. The van der Waals surface area contributed by atoms with Gasteiger partial charge in [0.25, 0.3) is 0 Å². The third kappa shape index (κ3) is 3.21. The third-order valence-corrected chi connectivity index (χ3v) is 3.48. The molecule has 0 saturated heterocycles. The van der Waals surface area contributed by atoms with Crippen molar-refractivity contribution in [2.24, 2.45) is 0 Å². The molecule has 0 aliphatic carbocycles. The number of sulfonamides is 1. The van der Waals surface area contributed by atoms with Crippen molar-refractivity contribution in [3.63, 3.8) is 0 Å². The largest absolute Gasteiger partial charge is 0.395 e. The van der Waals surface area contributed by atoms with E-state index in [4.69, 9.17) is 5.11 Å². The second-order valence-electron chi connectivity index (χ2n) is 3.39. The minimum Gasteiger partial charge on any atom is -0.395 e. The molecule has 0 radical (unpaired) electrons. The predicted molar refractivity (Wildman–Crippen MR) is 60.4 cm³/mol. The molecule has 0 atom stereocenters. The number of nitrogens with one attached hydrogen (secondary N) is 1. The van der Waals surface area contributed by atoms with Crippen LogP contribution in [-0.4, -0.2) is 25.9 Å². The molecule has 0 amide bonds. The van der Waals surface area contributed by atoms with Gasteiger partial charge in [0.15, 0.2) is 0 Å². The van der Waals surface area contributed by atoms with Crippen LogP contribution in [0, 0.1) is 13.8 Å². The van der Waals surface area contributed by atoms with Gasteiger partial charge in [0.05, 0.1) is 18.0 Å². The zero-order chi connectivity index (χ0) is 11.5. The SMILES string of the molecule is Cc1cccc(NS(=O)(=O)CCO)c1C. The maximum Gasteiger partial charge on any atom is 0.234 e. The Morgan fingerprint density at radius 3 is 2.60 bits per heavy atom. The number of benzene rings is 1. The summed E-state index contributed by atoms with van der Waals surface area (Å²) in [5.41, 5.74) is 2.50. The van der Waals surface area contributed by atoms with E-state index in [1.807, 2.05) is 19.9 Å². The molecule has 0 spiro atoms. The summed E-state index contributed by atoms with van der Waals surface area (Å²) in [6.07, 6.45) is 0. The first kappa shape index (κ1) is 12.0. The fourth-order valence-electron chi connectivity index (χ4n) is 1.20. The maximum atomic E-state index is 11.4. The lowest BCUT2D eigenvalue weighted by molar-refractivity contribution is 0.320. The smallest absolute Gasteiger partial charge is 0.234 e. The van der Waals surface area contributed by atoms with Crippen molar-refractivity contribution in [3.05, 3.63) is 29.3 Å². The van der Waals surface area contributed by atoms with E-state index in [2.05, 4.69) is 4.72 Å². The van der Waals surface area contributed by atoms with Crippen LogP contribution < -0.4 is 4.72 Å². The van der Waals surface area contributed by atoms with E-state index < -0.39 is 10.0 Å². The first-order chi connectivity index (χ1) is 6.96. The average molecular weight is 229 g/mol. The van der Waals surface area contributed by atoms with Crippen molar-refractivity contribution in [2.45, 2.75) is 13.8 Å². The first-order valence-corrected chi connectivity index (χ1v) is 6.29.